The topological polar surface area (TPSA) is 120 Å². The van der Waals surface area contributed by atoms with Gasteiger partial charge in [0.05, 0.1) is 21.9 Å². The molecule has 5 rings (SSSR count). The van der Waals surface area contributed by atoms with Crippen LogP contribution in [0.5, 0.6) is 0 Å². The number of amides is 2. The molecule has 2 N–H and O–H groups in total. The Labute approximate surface area is 160 Å². The molecule has 1 aromatic carbocycles. The summed E-state index contributed by atoms with van der Waals surface area (Å²) in [7, 11) is -1.53. The summed E-state index contributed by atoms with van der Waals surface area (Å²) in [5.74, 6) is 0.218. The molecule has 9 heteroatoms. The summed E-state index contributed by atoms with van der Waals surface area (Å²) >= 11 is 0. The van der Waals surface area contributed by atoms with Crippen LogP contribution >= 0.6 is 10.5 Å². The van der Waals surface area contributed by atoms with Crippen molar-refractivity contribution < 1.29 is 14.7 Å². The largest absolute Gasteiger partial charge is 0.500 e. The molecule has 0 spiro atoms. The minimum Gasteiger partial charge on any atom is -0.500 e. The normalized spacial score (nSPS) is 13.1. The van der Waals surface area contributed by atoms with Crippen molar-refractivity contribution in [3.63, 3.8) is 0 Å². The van der Waals surface area contributed by atoms with Gasteiger partial charge in [0, 0.05) is 18.0 Å². The molecule has 1 atom stereocenters. The van der Waals surface area contributed by atoms with Crippen LogP contribution in [0.3, 0.4) is 0 Å². The first-order valence-electron chi connectivity index (χ1n) is 8.29. The number of anilines is 2. The lowest BCUT2D eigenvalue weighted by atomic mass is 10.1. The molecule has 0 aliphatic carbocycles. The smallest absolute Gasteiger partial charge is 0.323 e. The van der Waals surface area contributed by atoms with Crippen LogP contribution in [0, 0.1) is 0 Å². The molecule has 28 heavy (non-hydrogen) atoms. The van der Waals surface area contributed by atoms with Crippen molar-refractivity contribution in [3.05, 3.63) is 54.9 Å². The van der Waals surface area contributed by atoms with E-state index in [1.54, 1.807) is 18.3 Å². The molecule has 0 radical (unpaired) electrons. The predicted octanol–water partition coefficient (Wildman–Crippen LogP) is 3.26. The van der Waals surface area contributed by atoms with E-state index in [4.69, 9.17) is 0 Å². The Bertz CT molecular complexity index is 1270. The zero-order valence-corrected chi connectivity index (χ0v) is 15.0. The summed E-state index contributed by atoms with van der Waals surface area (Å²) in [6.07, 6.45) is 3.03. The van der Waals surface area contributed by atoms with E-state index in [1.165, 1.54) is 6.20 Å². The Kier molecular flexibility index (Phi) is 3.56. The molecule has 3 aromatic heterocycles. The maximum absolute atomic E-state index is 12.1. The number of benzene rings is 1. The highest BCUT2D eigenvalue weighted by molar-refractivity contribution is 7.57. The average Bonchev–Trinajstić information content (AvgIpc) is 3.04. The second kappa shape index (κ2) is 6.10. The third-order valence-electron chi connectivity index (χ3n) is 4.37. The highest BCUT2D eigenvalue weighted by Crippen LogP contribution is 2.51. The molecule has 0 saturated heterocycles. The third-order valence-corrected chi connectivity index (χ3v) is 6.20. The van der Waals surface area contributed by atoms with E-state index in [0.717, 1.165) is 5.56 Å². The van der Waals surface area contributed by atoms with Gasteiger partial charge >= 0.3 is 11.3 Å². The fourth-order valence-electron chi connectivity index (χ4n) is 3.24. The predicted molar refractivity (Wildman–Crippen MR) is 104 cm³/mol. The van der Waals surface area contributed by atoms with Gasteiger partial charge in [-0.2, -0.15) is 0 Å². The third kappa shape index (κ3) is 2.41. The summed E-state index contributed by atoms with van der Waals surface area (Å²) in [6, 6.07) is 12.4. The second-order valence-electron chi connectivity index (χ2n) is 6.01. The lowest BCUT2D eigenvalue weighted by Gasteiger charge is -2.13. The van der Waals surface area contributed by atoms with Gasteiger partial charge in [-0.1, -0.05) is 30.3 Å². The summed E-state index contributed by atoms with van der Waals surface area (Å²) in [5, 5.41) is 16.6. The number of carbonyl (C=O) groups excluding carboxylic acids is 2. The lowest BCUT2D eigenvalue weighted by Crippen LogP contribution is -2.23. The molecule has 0 saturated carbocycles. The number of thiophene rings is 1. The van der Waals surface area contributed by atoms with Crippen LogP contribution in [0.4, 0.5) is 21.0 Å². The van der Waals surface area contributed by atoms with Crippen LogP contribution in [-0.4, -0.2) is 26.3 Å². The molecule has 1 aliphatic heterocycles. The molecule has 0 bridgehead atoms. The van der Waals surface area contributed by atoms with Gasteiger partial charge < -0.3 is 20.5 Å². The molecular weight excluding hydrogens is 378 g/mol. The molecular formula is C19H11N5O3S. The number of carbonyl (C=O) groups is 2. The summed E-state index contributed by atoms with van der Waals surface area (Å²) in [5.41, 5.74) is 2.37. The second-order valence-corrected chi connectivity index (χ2v) is 7.75. The Morgan fingerprint density at radius 2 is 1.79 bits per heavy atom. The number of nitrogens with zero attached hydrogens (tertiary/aromatic N) is 3. The van der Waals surface area contributed by atoms with Crippen molar-refractivity contribution in [1.29, 1.82) is 0 Å². The molecule has 1 unspecified atom stereocenters. The number of nitrogens with one attached hydrogen (secondary N) is 2. The van der Waals surface area contributed by atoms with Crippen LogP contribution in [0.1, 0.15) is 0 Å². The number of hydrogen-bond donors (Lipinski definition) is 2. The monoisotopic (exact) mass is 389 g/mol. The summed E-state index contributed by atoms with van der Waals surface area (Å²) < 4.78 is 0. The molecule has 0 fully saturated rings. The molecule has 1 aliphatic rings. The number of urea groups is 1. The quantitative estimate of drug-likeness (QED) is 0.519. The average molecular weight is 389 g/mol. The van der Waals surface area contributed by atoms with Crippen LogP contribution in [0.2, 0.25) is 0 Å². The van der Waals surface area contributed by atoms with Crippen molar-refractivity contribution in [1.82, 2.24) is 15.0 Å². The molecule has 2 amide bonds. The molecule has 136 valence electrons. The fraction of sp³-hybridized carbons (Fsp3) is 0. The van der Waals surface area contributed by atoms with E-state index < -0.39 is 21.8 Å². The van der Waals surface area contributed by atoms with E-state index in [-0.39, 0.29) is 5.82 Å². The number of pyridine rings is 1. The van der Waals surface area contributed by atoms with Gasteiger partial charge in [0.15, 0.2) is 0 Å². The van der Waals surface area contributed by atoms with E-state index in [2.05, 4.69) is 25.6 Å². The van der Waals surface area contributed by atoms with Gasteiger partial charge in [-0.3, -0.25) is 0 Å². The number of rotatable bonds is 3. The number of aromatic nitrogens is 3. The van der Waals surface area contributed by atoms with Crippen LogP contribution in [0.25, 0.3) is 32.2 Å². The van der Waals surface area contributed by atoms with Gasteiger partial charge in [0.25, 0.3) is 9.71 Å². The van der Waals surface area contributed by atoms with Gasteiger partial charge in [-0.05, 0) is 12.1 Å². The summed E-state index contributed by atoms with van der Waals surface area (Å²) in [6.45, 7) is 0. The van der Waals surface area contributed by atoms with Crippen LogP contribution < -0.4 is 15.7 Å². The van der Waals surface area contributed by atoms with Crippen molar-refractivity contribution in [2.24, 2.45) is 0 Å². The van der Waals surface area contributed by atoms with Crippen LogP contribution in [-0.2, 0) is 0 Å². The van der Waals surface area contributed by atoms with Crippen molar-refractivity contribution in [2.45, 2.75) is 0 Å². The minimum atomic E-state index is -1.53. The zero-order valence-electron chi connectivity index (χ0n) is 14.2. The Hall–Kier alpha value is -3.85. The Morgan fingerprint density at radius 3 is 2.57 bits per heavy atom. The van der Waals surface area contributed by atoms with E-state index >= 15 is 0 Å². The maximum atomic E-state index is 12.1. The van der Waals surface area contributed by atoms with Gasteiger partial charge in [-0.25, -0.2) is 19.7 Å². The van der Waals surface area contributed by atoms with Crippen molar-refractivity contribution in [3.8, 4) is 22.0 Å². The first kappa shape index (κ1) is 16.3. The van der Waals surface area contributed by atoms with Crippen molar-refractivity contribution >= 4 is 43.4 Å². The first-order valence-corrected chi connectivity index (χ1v) is 9.52. The van der Waals surface area contributed by atoms with Gasteiger partial charge in [0.1, 0.15) is 11.1 Å². The van der Waals surface area contributed by atoms with E-state index in [9.17, 15) is 14.7 Å². The molecule has 4 aromatic rings. The zero-order chi connectivity index (χ0) is 19.3. The van der Waals surface area contributed by atoms with E-state index in [1.807, 2.05) is 30.3 Å². The SMILES string of the molecule is O=C1Nc2ccnc3c2c(c(-c2nccc(-c4ccccc4)n2)[s+]3C(=O)[O-])N1. The fourth-order valence-corrected chi connectivity index (χ4v) is 4.98. The minimum absolute atomic E-state index is 0.218. The molecule has 8 nitrogen and oxygen atoms in total. The first-order chi connectivity index (χ1) is 13.6. The highest BCUT2D eigenvalue weighted by Gasteiger charge is 2.38. The van der Waals surface area contributed by atoms with Gasteiger partial charge in [-0.15, -0.1) is 0 Å². The summed E-state index contributed by atoms with van der Waals surface area (Å²) in [4.78, 5) is 37.8. The van der Waals surface area contributed by atoms with E-state index in [0.29, 0.717) is 32.2 Å². The maximum Gasteiger partial charge on any atom is 0.323 e. The number of carboxylic acid groups (broad SMARTS) is 1. The molecule has 4 heterocycles. The lowest BCUT2D eigenvalue weighted by molar-refractivity contribution is -0.233. The van der Waals surface area contributed by atoms with Crippen LogP contribution in [0.15, 0.2) is 54.9 Å². The highest BCUT2D eigenvalue weighted by atomic mass is 32.2. The Balaban J connectivity index is 1.82. The number of hydrogen-bond acceptors (Lipinski definition) is 6. The standard InChI is InChI=1S/C19H11N5O3S/c25-18-23-12-7-9-21-17-13(12)14(24-18)15(28(17)19(26)27)16-20-8-6-11(22-16)10-4-2-1-3-5-10/h1-9H,(H2-,20,21,22,23,24,25,26,27). The van der Waals surface area contributed by atoms with Crippen molar-refractivity contribution in [2.75, 3.05) is 10.6 Å². The Morgan fingerprint density at radius 1 is 1.00 bits per heavy atom. The van der Waals surface area contributed by atoms with Gasteiger partial charge in [0.2, 0.25) is 5.82 Å².